The van der Waals surface area contributed by atoms with Gasteiger partial charge in [0.2, 0.25) is 0 Å². The van der Waals surface area contributed by atoms with Gasteiger partial charge in [-0.2, -0.15) is 0 Å². The van der Waals surface area contributed by atoms with Crippen LogP contribution < -0.4 is 11.5 Å². The number of nitrogens with two attached hydrogens (primary N) is 2. The van der Waals surface area contributed by atoms with Gasteiger partial charge in [-0.25, -0.2) is 45.1 Å². The third-order valence-corrected chi connectivity index (χ3v) is 11.9. The Morgan fingerprint density at radius 2 is 0.714 bits per heavy atom. The number of benzene rings is 4. The van der Waals surface area contributed by atoms with Gasteiger partial charge in [0.1, 0.15) is 23.7 Å². The lowest BCUT2D eigenvalue weighted by atomic mass is 9.95. The summed E-state index contributed by atoms with van der Waals surface area (Å²) in [5, 5.41) is 62.5. The lowest BCUT2D eigenvalue weighted by Crippen LogP contribution is -2.29. The summed E-state index contributed by atoms with van der Waals surface area (Å²) < 4.78 is 131. The van der Waals surface area contributed by atoms with Crippen molar-refractivity contribution < 1.29 is 65.8 Å². The zero-order chi connectivity index (χ0) is 50.0. The van der Waals surface area contributed by atoms with Crippen molar-refractivity contribution in [2.75, 3.05) is 13.1 Å². The number of rotatable bonds is 10. The molecule has 12 nitrogen and oxygen atoms in total. The fourth-order valence-electron chi connectivity index (χ4n) is 8.56. The quantitative estimate of drug-likeness (QED) is 0.0464. The molecule has 0 radical (unpaired) electrons. The summed E-state index contributed by atoms with van der Waals surface area (Å²) in [4.78, 5) is 15.3. The van der Waals surface area contributed by atoms with Crippen molar-refractivity contribution >= 4 is 46.4 Å². The number of phenols is 2. The highest BCUT2D eigenvalue weighted by Crippen LogP contribution is 2.44. The number of aliphatic hydroxyl groups is 4. The summed E-state index contributed by atoms with van der Waals surface area (Å²) in [6.45, 7) is -1.48. The highest BCUT2D eigenvalue weighted by molar-refractivity contribution is 6.00. The highest BCUT2D eigenvalue weighted by atomic mass is 19.2. The molecule has 0 saturated carbocycles. The molecule has 0 spiro atoms. The lowest BCUT2D eigenvalue weighted by molar-refractivity contribution is 0.0190. The number of aromatic amines is 2. The molecule has 5 heterocycles. The van der Waals surface area contributed by atoms with E-state index in [1.165, 1.54) is 97.1 Å². The molecule has 0 fully saturated rings. The van der Waals surface area contributed by atoms with Gasteiger partial charge in [-0.3, -0.25) is 0 Å². The number of halogens is 8. The van der Waals surface area contributed by atoms with E-state index in [-0.39, 0.29) is 78.6 Å². The predicted octanol–water partition coefficient (Wildman–Crippen LogP) is 8.55. The first-order chi connectivity index (χ1) is 33.4. The van der Waals surface area contributed by atoms with Crippen LogP contribution in [-0.4, -0.2) is 75.9 Å². The molecule has 4 atom stereocenters. The first-order valence-electron chi connectivity index (χ1n) is 21.0. The molecule has 8 bridgehead atoms. The van der Waals surface area contributed by atoms with Gasteiger partial charge in [-0.05, 0) is 84.0 Å². The van der Waals surface area contributed by atoms with Gasteiger partial charge in [0.15, 0.2) is 46.5 Å². The van der Waals surface area contributed by atoms with Crippen LogP contribution in [0.4, 0.5) is 35.1 Å². The second kappa shape index (κ2) is 18.3. The van der Waals surface area contributed by atoms with E-state index in [0.29, 0.717) is 0 Å². The maximum Gasteiger partial charge on any atom is 0.170 e. The molecule has 0 aliphatic carbocycles. The zero-order valence-electron chi connectivity index (χ0n) is 35.7. The van der Waals surface area contributed by atoms with E-state index < -0.39 is 117 Å². The normalized spacial score (nSPS) is 14.0. The molecular formula is C50H36F8N6O6. The predicted molar refractivity (Wildman–Crippen MR) is 244 cm³/mol. The third-order valence-electron chi connectivity index (χ3n) is 11.9. The average molecular weight is 969 g/mol. The van der Waals surface area contributed by atoms with Crippen LogP contribution in [0.15, 0.2) is 72.8 Å². The van der Waals surface area contributed by atoms with Gasteiger partial charge in [-0.1, -0.05) is 24.3 Å². The molecule has 3 aromatic heterocycles. The summed E-state index contributed by atoms with van der Waals surface area (Å²) in [6.07, 6.45) is -3.92. The van der Waals surface area contributed by atoms with Crippen LogP contribution in [0.2, 0.25) is 0 Å². The summed E-state index contributed by atoms with van der Waals surface area (Å²) in [5.41, 5.74) is 3.22. The van der Waals surface area contributed by atoms with E-state index >= 15 is 35.1 Å². The molecule has 9 rings (SSSR count). The Balaban J connectivity index is 1.48. The van der Waals surface area contributed by atoms with Crippen LogP contribution >= 0.6 is 0 Å². The number of hydrogen-bond donors (Lipinski definition) is 10. The van der Waals surface area contributed by atoms with Gasteiger partial charge in [0, 0.05) is 57.4 Å². The smallest absolute Gasteiger partial charge is 0.170 e. The first-order valence-corrected chi connectivity index (χ1v) is 21.0. The minimum Gasteiger partial charge on any atom is -0.508 e. The van der Waals surface area contributed by atoms with Crippen LogP contribution in [0, 0.1) is 46.5 Å². The molecule has 2 unspecified atom stereocenters. The number of nitrogens with one attached hydrogen (secondary N) is 2. The highest BCUT2D eigenvalue weighted by Gasteiger charge is 2.36. The molecular weight excluding hydrogens is 933 g/mol. The van der Waals surface area contributed by atoms with Crippen molar-refractivity contribution in [1.82, 2.24) is 19.9 Å². The Morgan fingerprint density at radius 3 is 1.01 bits per heavy atom. The van der Waals surface area contributed by atoms with Crippen molar-refractivity contribution in [3.63, 3.8) is 0 Å². The lowest BCUT2D eigenvalue weighted by Gasteiger charge is -2.20. The van der Waals surface area contributed by atoms with E-state index in [4.69, 9.17) is 11.5 Å². The maximum absolute atomic E-state index is 16.6. The Kier molecular flexibility index (Phi) is 12.4. The number of aromatic nitrogens is 4. The summed E-state index contributed by atoms with van der Waals surface area (Å²) in [6, 6.07) is 16.4. The fraction of sp³-hybridized carbons (Fsp3) is 0.120. The summed E-state index contributed by atoms with van der Waals surface area (Å²) >= 11 is 0. The molecule has 2 aliphatic heterocycles. The average Bonchev–Trinajstić information content (AvgIpc) is 4.20. The van der Waals surface area contributed by atoms with E-state index in [1.54, 1.807) is 0 Å². The summed E-state index contributed by atoms with van der Waals surface area (Å²) in [5.74, 6) is -16.8. The molecule has 358 valence electrons. The minimum atomic E-state index is -2.50. The standard InChI is InChI=1S/C50H36F8N6O6/c51-41-37(42(52)46(56)39(45(41)55)49(69)31(67)17-59)35-27-11-7-23(61-27)33(19-3-1-5-21(65)15-19)24-8-12-28(62-24)36(38-43(53)47(57)40(48(58)44(38)54)50(70)32(68)18-60)30-14-10-26(64-30)34(25-9-13-29(35)63-25)20-4-2-6-22(66)16-20/h1-16,31-32,49-50,61,64-70H,17-18,59-60H2/t31?,32?,49-,50-/m0/s1. The molecule has 0 amide bonds. The molecule has 70 heavy (non-hydrogen) atoms. The number of aliphatic hydroxyl groups excluding tert-OH is 4. The minimum absolute atomic E-state index is 0.0310. The number of nitrogens with zero attached hydrogens (tertiary/aromatic N) is 2. The zero-order valence-corrected chi connectivity index (χ0v) is 35.7. The number of hydrogen-bond acceptors (Lipinski definition) is 10. The van der Waals surface area contributed by atoms with Crippen LogP contribution in [0.5, 0.6) is 11.5 Å². The second-order valence-corrected chi connectivity index (χ2v) is 16.2. The van der Waals surface area contributed by atoms with Crippen LogP contribution in [-0.2, 0) is 0 Å². The molecule has 7 aromatic rings. The Labute approximate surface area is 389 Å². The Bertz CT molecular complexity index is 3250. The topological polar surface area (TPSA) is 231 Å². The molecule has 20 heteroatoms. The van der Waals surface area contributed by atoms with Crippen LogP contribution in [0.3, 0.4) is 0 Å². The van der Waals surface area contributed by atoms with E-state index in [9.17, 15) is 30.6 Å². The van der Waals surface area contributed by atoms with Gasteiger partial charge >= 0.3 is 0 Å². The number of phenolic OH excluding ortho intramolecular Hbond substituents is 2. The Morgan fingerprint density at radius 1 is 0.414 bits per heavy atom. The van der Waals surface area contributed by atoms with Crippen molar-refractivity contribution in [3.05, 3.63) is 153 Å². The Hall–Kier alpha value is -7.72. The van der Waals surface area contributed by atoms with Crippen molar-refractivity contribution in [2.45, 2.75) is 24.4 Å². The van der Waals surface area contributed by atoms with Gasteiger partial charge in [0.25, 0.3) is 0 Å². The molecule has 12 N–H and O–H groups in total. The van der Waals surface area contributed by atoms with Crippen LogP contribution in [0.25, 0.3) is 90.9 Å². The molecule has 2 aliphatic rings. The van der Waals surface area contributed by atoms with Crippen molar-refractivity contribution in [1.29, 1.82) is 0 Å². The largest absolute Gasteiger partial charge is 0.508 e. The maximum atomic E-state index is 16.6. The SMILES string of the molecule is NCC(O)[C@H](O)c1c(F)c(F)c(-c2c3nc(c(-c4cccc(O)c4)c4ccc([nH]4)c(-c4c(F)c(F)c([C@@H](O)C(O)CN)c(F)c4F)c4nc(c(-c5cccc(O)c5)c5ccc2[nH]5)C=C4)C=C3)c(F)c1F. The van der Waals surface area contributed by atoms with Crippen molar-refractivity contribution in [2.24, 2.45) is 11.5 Å². The molecule has 0 saturated heterocycles. The van der Waals surface area contributed by atoms with Crippen molar-refractivity contribution in [3.8, 4) is 56.0 Å². The first kappa shape index (κ1) is 47.4. The monoisotopic (exact) mass is 968 g/mol. The third kappa shape index (κ3) is 7.85. The van der Waals surface area contributed by atoms with Crippen LogP contribution in [0.1, 0.15) is 46.1 Å². The number of aromatic hydroxyl groups is 2. The number of H-pyrrole nitrogens is 2. The fourth-order valence-corrected chi connectivity index (χ4v) is 8.56. The van der Waals surface area contributed by atoms with Gasteiger partial charge < -0.3 is 52.1 Å². The van der Waals surface area contributed by atoms with Gasteiger partial charge in [0.05, 0.1) is 57.2 Å². The molecule has 4 aromatic carbocycles. The second-order valence-electron chi connectivity index (χ2n) is 16.2. The van der Waals surface area contributed by atoms with Gasteiger partial charge in [-0.15, -0.1) is 0 Å². The van der Waals surface area contributed by atoms with E-state index in [1.807, 2.05) is 0 Å². The van der Waals surface area contributed by atoms with E-state index in [2.05, 4.69) is 19.9 Å². The number of fused-ring (bicyclic) bond motifs is 8. The van der Waals surface area contributed by atoms with E-state index in [0.717, 1.165) is 0 Å². The summed E-state index contributed by atoms with van der Waals surface area (Å²) in [7, 11) is 0.